The number of aromatic nitrogens is 2. The molecular formula is C19H24N4O2. The Balaban J connectivity index is 1.84. The molecule has 25 heavy (non-hydrogen) atoms. The van der Waals surface area contributed by atoms with E-state index in [0.29, 0.717) is 30.8 Å². The van der Waals surface area contributed by atoms with E-state index in [0.717, 1.165) is 18.5 Å². The maximum atomic E-state index is 13.1. The van der Waals surface area contributed by atoms with Crippen LogP contribution in [-0.4, -0.2) is 45.6 Å². The van der Waals surface area contributed by atoms with Crippen molar-refractivity contribution in [3.63, 3.8) is 0 Å². The fourth-order valence-corrected chi connectivity index (χ4v) is 3.22. The molecule has 1 aliphatic heterocycles. The molecule has 0 radical (unpaired) electrons. The normalized spacial score (nSPS) is 17.4. The van der Waals surface area contributed by atoms with E-state index in [1.807, 2.05) is 37.3 Å². The van der Waals surface area contributed by atoms with Gasteiger partial charge in [0, 0.05) is 32.3 Å². The van der Waals surface area contributed by atoms with Gasteiger partial charge in [0.2, 0.25) is 5.91 Å². The Morgan fingerprint density at radius 3 is 2.80 bits per heavy atom. The summed E-state index contributed by atoms with van der Waals surface area (Å²) in [5.41, 5.74) is 2.34. The summed E-state index contributed by atoms with van der Waals surface area (Å²) in [6, 6.07) is 9.31. The van der Waals surface area contributed by atoms with Crippen LogP contribution in [0.3, 0.4) is 0 Å². The molecule has 1 N–H and O–H groups in total. The lowest BCUT2D eigenvalue weighted by Gasteiger charge is -2.35. The number of hydrogen-bond donors (Lipinski definition) is 1. The molecule has 0 aliphatic carbocycles. The van der Waals surface area contributed by atoms with E-state index in [-0.39, 0.29) is 11.8 Å². The first-order chi connectivity index (χ1) is 12.1. The number of nitrogens with zero attached hydrogens (tertiary/aromatic N) is 3. The number of carbonyl (C=O) groups is 2. The zero-order chi connectivity index (χ0) is 17.8. The van der Waals surface area contributed by atoms with Gasteiger partial charge in [-0.15, -0.1) is 0 Å². The third kappa shape index (κ3) is 3.73. The van der Waals surface area contributed by atoms with Crippen LogP contribution in [0.4, 0.5) is 0 Å². The van der Waals surface area contributed by atoms with E-state index in [1.165, 1.54) is 0 Å². The standard InChI is InChI=1S/C19H24N4O2/c1-3-10-22-13-16(14(2)21-22)19(25)23-11-9-20-18(24)17(23)12-15-7-5-4-6-8-15/h4-8,13,17H,3,9-12H2,1-2H3,(H,20,24). The number of benzene rings is 1. The van der Waals surface area contributed by atoms with Gasteiger partial charge < -0.3 is 10.2 Å². The van der Waals surface area contributed by atoms with Crippen LogP contribution < -0.4 is 5.32 Å². The number of amides is 2. The lowest BCUT2D eigenvalue weighted by atomic mass is 10.0. The Labute approximate surface area is 147 Å². The van der Waals surface area contributed by atoms with Crippen molar-refractivity contribution < 1.29 is 9.59 Å². The highest BCUT2D eigenvalue weighted by Crippen LogP contribution is 2.17. The number of hydrogen-bond acceptors (Lipinski definition) is 3. The monoisotopic (exact) mass is 340 g/mol. The Hall–Kier alpha value is -2.63. The molecule has 1 aromatic heterocycles. The van der Waals surface area contributed by atoms with Crippen molar-refractivity contribution in [2.75, 3.05) is 13.1 Å². The van der Waals surface area contributed by atoms with E-state index < -0.39 is 6.04 Å². The first-order valence-electron chi connectivity index (χ1n) is 8.76. The van der Waals surface area contributed by atoms with Gasteiger partial charge in [-0.3, -0.25) is 14.3 Å². The highest BCUT2D eigenvalue weighted by molar-refractivity contribution is 5.98. The highest BCUT2D eigenvalue weighted by atomic mass is 16.2. The van der Waals surface area contributed by atoms with Gasteiger partial charge in [0.25, 0.3) is 5.91 Å². The second kappa shape index (κ2) is 7.51. The maximum Gasteiger partial charge on any atom is 0.258 e. The van der Waals surface area contributed by atoms with Crippen LogP contribution in [0.1, 0.15) is 35.0 Å². The highest BCUT2D eigenvalue weighted by Gasteiger charge is 2.34. The van der Waals surface area contributed by atoms with Crippen molar-refractivity contribution in [3.8, 4) is 0 Å². The Morgan fingerprint density at radius 1 is 1.32 bits per heavy atom. The summed E-state index contributed by atoms with van der Waals surface area (Å²) in [7, 11) is 0. The molecular weight excluding hydrogens is 316 g/mol. The molecule has 1 atom stereocenters. The quantitative estimate of drug-likeness (QED) is 0.902. The van der Waals surface area contributed by atoms with Gasteiger partial charge in [0.1, 0.15) is 6.04 Å². The van der Waals surface area contributed by atoms with Crippen LogP contribution in [0.15, 0.2) is 36.5 Å². The van der Waals surface area contributed by atoms with Gasteiger partial charge in [-0.25, -0.2) is 0 Å². The topological polar surface area (TPSA) is 67.2 Å². The fraction of sp³-hybridized carbons (Fsp3) is 0.421. The number of carbonyl (C=O) groups excluding carboxylic acids is 2. The van der Waals surface area contributed by atoms with Crippen LogP contribution >= 0.6 is 0 Å². The molecule has 1 saturated heterocycles. The summed E-state index contributed by atoms with van der Waals surface area (Å²) in [4.78, 5) is 27.2. The summed E-state index contributed by atoms with van der Waals surface area (Å²) < 4.78 is 1.80. The predicted molar refractivity (Wildman–Crippen MR) is 95.2 cm³/mol. The fourth-order valence-electron chi connectivity index (χ4n) is 3.22. The maximum absolute atomic E-state index is 13.1. The van der Waals surface area contributed by atoms with Crippen LogP contribution in [0, 0.1) is 6.92 Å². The van der Waals surface area contributed by atoms with E-state index in [2.05, 4.69) is 17.3 Å². The molecule has 1 fully saturated rings. The Kier molecular flexibility index (Phi) is 5.16. The van der Waals surface area contributed by atoms with E-state index >= 15 is 0 Å². The van der Waals surface area contributed by atoms with Crippen LogP contribution in [0.2, 0.25) is 0 Å². The van der Waals surface area contributed by atoms with Crippen LogP contribution in [0.5, 0.6) is 0 Å². The van der Waals surface area contributed by atoms with E-state index in [1.54, 1.807) is 15.8 Å². The first kappa shape index (κ1) is 17.2. The lowest BCUT2D eigenvalue weighted by molar-refractivity contribution is -0.127. The van der Waals surface area contributed by atoms with E-state index in [9.17, 15) is 9.59 Å². The molecule has 2 aromatic rings. The van der Waals surface area contributed by atoms with Crippen molar-refractivity contribution in [2.24, 2.45) is 0 Å². The molecule has 6 nitrogen and oxygen atoms in total. The molecule has 1 unspecified atom stereocenters. The molecule has 0 bridgehead atoms. The molecule has 0 spiro atoms. The molecule has 1 aliphatic rings. The molecule has 3 rings (SSSR count). The molecule has 1 aromatic carbocycles. The number of aryl methyl sites for hydroxylation is 2. The second-order valence-electron chi connectivity index (χ2n) is 6.39. The minimum Gasteiger partial charge on any atom is -0.353 e. The number of piperazine rings is 1. The zero-order valence-electron chi connectivity index (χ0n) is 14.7. The van der Waals surface area contributed by atoms with Gasteiger partial charge in [-0.05, 0) is 18.9 Å². The van der Waals surface area contributed by atoms with Crippen molar-refractivity contribution >= 4 is 11.8 Å². The van der Waals surface area contributed by atoms with Crippen molar-refractivity contribution in [2.45, 2.75) is 39.3 Å². The number of rotatable bonds is 5. The molecule has 2 amide bonds. The molecule has 2 heterocycles. The van der Waals surface area contributed by atoms with Crippen molar-refractivity contribution in [1.82, 2.24) is 20.0 Å². The van der Waals surface area contributed by atoms with Crippen LogP contribution in [-0.2, 0) is 17.8 Å². The van der Waals surface area contributed by atoms with Crippen molar-refractivity contribution in [1.29, 1.82) is 0 Å². The molecule has 6 heteroatoms. The average Bonchev–Trinajstić information content (AvgIpc) is 2.98. The van der Waals surface area contributed by atoms with Gasteiger partial charge in [0.05, 0.1) is 11.3 Å². The van der Waals surface area contributed by atoms with Gasteiger partial charge >= 0.3 is 0 Å². The minimum absolute atomic E-state index is 0.0953. The summed E-state index contributed by atoms with van der Waals surface area (Å²) in [5.74, 6) is -0.210. The summed E-state index contributed by atoms with van der Waals surface area (Å²) in [5, 5.41) is 7.29. The third-order valence-electron chi connectivity index (χ3n) is 4.49. The SMILES string of the molecule is CCCn1cc(C(=O)N2CCNC(=O)C2Cc2ccccc2)c(C)n1. The van der Waals surface area contributed by atoms with Gasteiger partial charge in [-0.2, -0.15) is 5.10 Å². The van der Waals surface area contributed by atoms with E-state index in [4.69, 9.17) is 0 Å². The molecule has 0 saturated carbocycles. The minimum atomic E-state index is -0.488. The summed E-state index contributed by atoms with van der Waals surface area (Å²) >= 11 is 0. The van der Waals surface area contributed by atoms with Crippen LogP contribution in [0.25, 0.3) is 0 Å². The summed E-state index contributed by atoms with van der Waals surface area (Å²) in [6.07, 6.45) is 3.27. The molecule has 132 valence electrons. The smallest absolute Gasteiger partial charge is 0.258 e. The third-order valence-corrected chi connectivity index (χ3v) is 4.49. The van der Waals surface area contributed by atoms with Crippen molar-refractivity contribution in [3.05, 3.63) is 53.3 Å². The second-order valence-corrected chi connectivity index (χ2v) is 6.39. The number of nitrogens with one attached hydrogen (secondary N) is 1. The Bertz CT molecular complexity index is 754. The largest absolute Gasteiger partial charge is 0.353 e. The first-order valence-corrected chi connectivity index (χ1v) is 8.76. The van der Waals surface area contributed by atoms with Gasteiger partial charge in [0.15, 0.2) is 0 Å². The summed E-state index contributed by atoms with van der Waals surface area (Å²) in [6.45, 7) is 5.69. The van der Waals surface area contributed by atoms with Gasteiger partial charge in [-0.1, -0.05) is 37.3 Å². The lowest BCUT2D eigenvalue weighted by Crippen LogP contribution is -2.58. The average molecular weight is 340 g/mol. The Morgan fingerprint density at radius 2 is 2.08 bits per heavy atom. The predicted octanol–water partition coefficient (Wildman–Crippen LogP) is 1.78. The zero-order valence-corrected chi connectivity index (χ0v) is 14.7.